The van der Waals surface area contributed by atoms with Gasteiger partial charge in [-0.1, -0.05) is 0 Å². The van der Waals surface area contributed by atoms with E-state index in [0.29, 0.717) is 13.0 Å². The lowest BCUT2D eigenvalue weighted by Gasteiger charge is -2.23. The largest absolute Gasteiger partial charge is 0.365 e. The fourth-order valence-corrected chi connectivity index (χ4v) is 1.60. The minimum atomic E-state index is 0.131. The summed E-state index contributed by atoms with van der Waals surface area (Å²) in [7, 11) is 0. The predicted octanol–water partition coefficient (Wildman–Crippen LogP) is 0.476. The molecule has 5 heteroatoms. The van der Waals surface area contributed by atoms with Crippen LogP contribution in [-0.4, -0.2) is 28.5 Å². The number of hydrogen-bond donors (Lipinski definition) is 2. The Morgan fingerprint density at radius 1 is 1.53 bits per heavy atom. The van der Waals surface area contributed by atoms with E-state index in [1.54, 1.807) is 6.33 Å². The van der Waals surface area contributed by atoms with E-state index in [-0.39, 0.29) is 11.9 Å². The van der Waals surface area contributed by atoms with Crippen molar-refractivity contribution in [2.45, 2.75) is 25.8 Å². The molecule has 0 saturated carbocycles. The Morgan fingerprint density at radius 2 is 2.40 bits per heavy atom. The molecule has 2 N–H and O–H groups in total. The average Bonchev–Trinajstić information content (AvgIpc) is 2.22. The molecule has 1 unspecified atom stereocenters. The Balaban J connectivity index is 1.94. The molecule has 0 spiro atoms. The normalized spacial score (nSPS) is 20.9. The van der Waals surface area contributed by atoms with Crippen LogP contribution in [0.3, 0.4) is 0 Å². The van der Waals surface area contributed by atoms with E-state index in [0.717, 1.165) is 17.9 Å². The second-order valence-electron chi connectivity index (χ2n) is 3.73. The highest BCUT2D eigenvalue weighted by Crippen LogP contribution is 2.10. The van der Waals surface area contributed by atoms with E-state index >= 15 is 0 Å². The van der Waals surface area contributed by atoms with Gasteiger partial charge >= 0.3 is 0 Å². The van der Waals surface area contributed by atoms with Crippen LogP contribution in [0, 0.1) is 6.92 Å². The summed E-state index contributed by atoms with van der Waals surface area (Å²) in [6.45, 7) is 2.59. The summed E-state index contributed by atoms with van der Waals surface area (Å²) < 4.78 is 0. The molecule has 1 amide bonds. The molecule has 15 heavy (non-hydrogen) atoms. The van der Waals surface area contributed by atoms with Crippen LogP contribution in [-0.2, 0) is 4.79 Å². The third kappa shape index (κ3) is 2.65. The first-order valence-corrected chi connectivity index (χ1v) is 5.06. The third-order valence-corrected chi connectivity index (χ3v) is 2.42. The number of anilines is 1. The van der Waals surface area contributed by atoms with Crippen molar-refractivity contribution >= 4 is 11.7 Å². The van der Waals surface area contributed by atoms with E-state index in [1.807, 2.05) is 13.0 Å². The van der Waals surface area contributed by atoms with Crippen LogP contribution >= 0.6 is 0 Å². The maximum atomic E-state index is 11.0. The molecule has 1 aliphatic heterocycles. The van der Waals surface area contributed by atoms with E-state index in [4.69, 9.17) is 0 Å². The highest BCUT2D eigenvalue weighted by Gasteiger charge is 2.17. The van der Waals surface area contributed by atoms with Gasteiger partial charge in [0.15, 0.2) is 0 Å². The van der Waals surface area contributed by atoms with E-state index in [1.165, 1.54) is 0 Å². The summed E-state index contributed by atoms with van der Waals surface area (Å²) in [5.74, 6) is 0.954. The topological polar surface area (TPSA) is 66.9 Å². The smallest absolute Gasteiger partial charge is 0.220 e. The van der Waals surface area contributed by atoms with Crippen LogP contribution in [0.5, 0.6) is 0 Å². The molecule has 1 aromatic heterocycles. The van der Waals surface area contributed by atoms with Gasteiger partial charge in [-0.05, 0) is 13.3 Å². The van der Waals surface area contributed by atoms with Gasteiger partial charge in [0.2, 0.25) is 5.91 Å². The summed E-state index contributed by atoms with van der Waals surface area (Å²) in [6.07, 6.45) is 2.98. The summed E-state index contributed by atoms with van der Waals surface area (Å²) in [5.41, 5.74) is 0.937. The minimum absolute atomic E-state index is 0.131. The average molecular weight is 206 g/mol. The lowest BCUT2D eigenvalue weighted by atomic mass is 10.1. The van der Waals surface area contributed by atoms with Gasteiger partial charge in [0.1, 0.15) is 12.1 Å². The van der Waals surface area contributed by atoms with E-state index in [2.05, 4.69) is 20.6 Å². The molecule has 80 valence electrons. The molecule has 5 nitrogen and oxygen atoms in total. The number of nitrogens with one attached hydrogen (secondary N) is 2. The monoisotopic (exact) mass is 206 g/mol. The summed E-state index contributed by atoms with van der Waals surface area (Å²) in [6, 6.07) is 2.17. The molecule has 1 saturated heterocycles. The van der Waals surface area contributed by atoms with Crippen molar-refractivity contribution < 1.29 is 4.79 Å². The SMILES string of the molecule is Cc1cc(NC2CCC(=O)NC2)ncn1. The van der Waals surface area contributed by atoms with Gasteiger partial charge in [-0.2, -0.15) is 0 Å². The minimum Gasteiger partial charge on any atom is -0.365 e. The molecular weight excluding hydrogens is 192 g/mol. The standard InChI is InChI=1S/C10H14N4O/c1-7-4-9(13-6-12-7)14-8-2-3-10(15)11-5-8/h4,6,8H,2-3,5H2,1H3,(H,11,15)(H,12,13,14). The van der Waals surface area contributed by atoms with Gasteiger partial charge < -0.3 is 10.6 Å². The second kappa shape index (κ2) is 4.25. The molecule has 0 aliphatic carbocycles. The maximum Gasteiger partial charge on any atom is 0.220 e. The summed E-state index contributed by atoms with van der Waals surface area (Å²) in [4.78, 5) is 19.1. The quantitative estimate of drug-likeness (QED) is 0.738. The Morgan fingerprint density at radius 3 is 3.07 bits per heavy atom. The van der Waals surface area contributed by atoms with Gasteiger partial charge in [-0.15, -0.1) is 0 Å². The van der Waals surface area contributed by atoms with Gasteiger partial charge in [0.05, 0.1) is 0 Å². The molecule has 0 bridgehead atoms. The molecule has 2 heterocycles. The Labute approximate surface area is 88.3 Å². The highest BCUT2D eigenvalue weighted by molar-refractivity contribution is 5.76. The van der Waals surface area contributed by atoms with Gasteiger partial charge in [-0.25, -0.2) is 9.97 Å². The van der Waals surface area contributed by atoms with Crippen molar-refractivity contribution in [3.8, 4) is 0 Å². The number of nitrogens with zero attached hydrogens (tertiary/aromatic N) is 2. The number of carbonyl (C=O) groups excluding carboxylic acids is 1. The van der Waals surface area contributed by atoms with Crippen LogP contribution in [0.1, 0.15) is 18.5 Å². The first-order chi connectivity index (χ1) is 7.24. The fourth-order valence-electron chi connectivity index (χ4n) is 1.60. The molecule has 2 rings (SSSR count). The molecule has 1 fully saturated rings. The number of aromatic nitrogens is 2. The van der Waals surface area contributed by atoms with Crippen molar-refractivity contribution in [1.29, 1.82) is 0 Å². The molecule has 0 aromatic carbocycles. The lowest BCUT2D eigenvalue weighted by Crippen LogP contribution is -2.42. The zero-order valence-electron chi connectivity index (χ0n) is 8.66. The second-order valence-corrected chi connectivity index (χ2v) is 3.73. The number of hydrogen-bond acceptors (Lipinski definition) is 4. The number of piperidine rings is 1. The van der Waals surface area contributed by atoms with Crippen LogP contribution in [0.2, 0.25) is 0 Å². The zero-order valence-corrected chi connectivity index (χ0v) is 8.66. The molecular formula is C10H14N4O. The molecule has 0 radical (unpaired) electrons. The molecule has 1 atom stereocenters. The third-order valence-electron chi connectivity index (χ3n) is 2.42. The Hall–Kier alpha value is -1.65. The van der Waals surface area contributed by atoms with Crippen molar-refractivity contribution in [2.24, 2.45) is 0 Å². The van der Waals surface area contributed by atoms with Gasteiger partial charge in [-0.3, -0.25) is 4.79 Å². The van der Waals surface area contributed by atoms with Crippen LogP contribution in [0.15, 0.2) is 12.4 Å². The van der Waals surface area contributed by atoms with Gasteiger partial charge in [0, 0.05) is 30.8 Å². The number of aryl methyl sites for hydroxylation is 1. The Kier molecular flexibility index (Phi) is 2.80. The van der Waals surface area contributed by atoms with Crippen LogP contribution < -0.4 is 10.6 Å². The lowest BCUT2D eigenvalue weighted by molar-refractivity contribution is -0.122. The van der Waals surface area contributed by atoms with E-state index in [9.17, 15) is 4.79 Å². The van der Waals surface area contributed by atoms with Crippen LogP contribution in [0.4, 0.5) is 5.82 Å². The number of rotatable bonds is 2. The summed E-state index contributed by atoms with van der Waals surface area (Å²) in [5, 5.41) is 6.10. The van der Waals surface area contributed by atoms with Crippen molar-refractivity contribution in [1.82, 2.24) is 15.3 Å². The maximum absolute atomic E-state index is 11.0. The first-order valence-electron chi connectivity index (χ1n) is 5.06. The van der Waals surface area contributed by atoms with Crippen LogP contribution in [0.25, 0.3) is 0 Å². The highest BCUT2D eigenvalue weighted by atomic mass is 16.1. The first kappa shape index (κ1) is 9.89. The molecule has 1 aliphatic rings. The zero-order chi connectivity index (χ0) is 10.7. The van der Waals surface area contributed by atoms with Gasteiger partial charge in [0.25, 0.3) is 0 Å². The molecule has 1 aromatic rings. The predicted molar refractivity (Wildman–Crippen MR) is 56.4 cm³/mol. The number of carbonyl (C=O) groups is 1. The number of amides is 1. The van der Waals surface area contributed by atoms with E-state index < -0.39 is 0 Å². The summed E-state index contributed by atoms with van der Waals surface area (Å²) >= 11 is 0. The van der Waals surface area contributed by atoms with Crippen molar-refractivity contribution in [3.63, 3.8) is 0 Å². The van der Waals surface area contributed by atoms with Crippen molar-refractivity contribution in [3.05, 3.63) is 18.1 Å². The van der Waals surface area contributed by atoms with Crippen molar-refractivity contribution in [2.75, 3.05) is 11.9 Å². The Bertz CT molecular complexity index is 356. The fraction of sp³-hybridized carbons (Fsp3) is 0.500.